The number of benzene rings is 2. The van der Waals surface area contributed by atoms with Crippen molar-refractivity contribution < 1.29 is 18.8 Å². The van der Waals surface area contributed by atoms with Crippen LogP contribution in [0.5, 0.6) is 0 Å². The predicted octanol–water partition coefficient (Wildman–Crippen LogP) is 3.48. The van der Waals surface area contributed by atoms with E-state index in [0.29, 0.717) is 17.2 Å². The van der Waals surface area contributed by atoms with Crippen LogP contribution in [0.25, 0.3) is 11.1 Å². The van der Waals surface area contributed by atoms with Gasteiger partial charge in [0.25, 0.3) is 5.69 Å². The summed E-state index contributed by atoms with van der Waals surface area (Å²) in [5.74, 6) is -1.66. The summed E-state index contributed by atoms with van der Waals surface area (Å²) in [7, 11) is 0. The van der Waals surface area contributed by atoms with Crippen molar-refractivity contribution in [1.29, 1.82) is 0 Å². The zero-order valence-electron chi connectivity index (χ0n) is 16.8. The Morgan fingerprint density at radius 3 is 2.53 bits per heavy atom. The molecule has 164 valence electrons. The van der Waals surface area contributed by atoms with Crippen molar-refractivity contribution in [2.45, 2.75) is 25.1 Å². The molecule has 4 rings (SSSR count). The van der Waals surface area contributed by atoms with Crippen LogP contribution in [0.2, 0.25) is 0 Å². The molecular formula is C21H18F2N6O3. The Hall–Kier alpha value is -3.99. The van der Waals surface area contributed by atoms with Crippen molar-refractivity contribution in [1.82, 2.24) is 24.5 Å². The number of hydrogen-bond donors (Lipinski definition) is 1. The minimum Gasteiger partial charge on any atom is -0.381 e. The van der Waals surface area contributed by atoms with Gasteiger partial charge in [0.1, 0.15) is 29.9 Å². The molecule has 0 aliphatic rings. The maximum atomic E-state index is 14.7. The lowest BCUT2D eigenvalue weighted by Gasteiger charge is -2.34. The highest BCUT2D eigenvalue weighted by Crippen LogP contribution is 2.37. The Labute approximate surface area is 180 Å². The molecule has 0 aliphatic carbocycles. The van der Waals surface area contributed by atoms with Gasteiger partial charge in [-0.3, -0.25) is 14.8 Å². The number of nitrogens with zero attached hydrogens (tertiary/aromatic N) is 6. The third-order valence-electron chi connectivity index (χ3n) is 5.37. The van der Waals surface area contributed by atoms with Gasteiger partial charge in [0.05, 0.1) is 23.7 Å². The number of aliphatic hydroxyl groups is 1. The average Bonchev–Trinajstić information content (AvgIpc) is 3.45. The summed E-state index contributed by atoms with van der Waals surface area (Å²) >= 11 is 0. The van der Waals surface area contributed by atoms with Gasteiger partial charge in [-0.25, -0.2) is 18.4 Å². The molecule has 11 heteroatoms. The first-order valence-corrected chi connectivity index (χ1v) is 9.57. The zero-order chi connectivity index (χ0) is 22.9. The van der Waals surface area contributed by atoms with Gasteiger partial charge in [0.15, 0.2) is 0 Å². The summed E-state index contributed by atoms with van der Waals surface area (Å²) in [6.07, 6.45) is 5.84. The molecule has 32 heavy (non-hydrogen) atoms. The molecule has 0 bridgehead atoms. The second kappa shape index (κ2) is 8.27. The minimum atomic E-state index is -1.86. The summed E-state index contributed by atoms with van der Waals surface area (Å²) in [5.41, 5.74) is -0.682. The van der Waals surface area contributed by atoms with E-state index in [4.69, 9.17) is 0 Å². The molecule has 0 saturated heterocycles. The van der Waals surface area contributed by atoms with E-state index in [1.54, 1.807) is 25.3 Å². The second-order valence-electron chi connectivity index (χ2n) is 7.33. The van der Waals surface area contributed by atoms with Gasteiger partial charge >= 0.3 is 0 Å². The van der Waals surface area contributed by atoms with Crippen molar-refractivity contribution in [2.75, 3.05) is 0 Å². The van der Waals surface area contributed by atoms with Gasteiger partial charge in [-0.1, -0.05) is 6.07 Å². The molecule has 2 heterocycles. The maximum absolute atomic E-state index is 14.7. The van der Waals surface area contributed by atoms with Crippen LogP contribution in [-0.4, -0.2) is 34.6 Å². The fraction of sp³-hybridized carbons (Fsp3) is 0.190. The molecule has 0 amide bonds. The van der Waals surface area contributed by atoms with Crippen LogP contribution in [0.15, 0.2) is 67.5 Å². The van der Waals surface area contributed by atoms with E-state index >= 15 is 0 Å². The summed E-state index contributed by atoms with van der Waals surface area (Å²) in [6.45, 7) is 1.48. The summed E-state index contributed by atoms with van der Waals surface area (Å²) in [4.78, 5) is 14.2. The number of halogens is 2. The van der Waals surface area contributed by atoms with Crippen LogP contribution in [-0.2, 0) is 12.1 Å². The zero-order valence-corrected chi connectivity index (χ0v) is 16.8. The highest BCUT2D eigenvalue weighted by atomic mass is 19.1. The Morgan fingerprint density at radius 1 is 1.16 bits per heavy atom. The van der Waals surface area contributed by atoms with Gasteiger partial charge in [-0.05, 0) is 30.7 Å². The third kappa shape index (κ3) is 3.97. The van der Waals surface area contributed by atoms with Gasteiger partial charge in [0, 0.05) is 35.5 Å². The van der Waals surface area contributed by atoms with Crippen molar-refractivity contribution >= 4 is 5.69 Å². The van der Waals surface area contributed by atoms with Gasteiger partial charge in [-0.2, -0.15) is 10.2 Å². The highest BCUT2D eigenvalue weighted by Gasteiger charge is 2.40. The lowest BCUT2D eigenvalue weighted by atomic mass is 9.86. The molecule has 1 N–H and O–H groups in total. The molecular weight excluding hydrogens is 422 g/mol. The van der Waals surface area contributed by atoms with Crippen LogP contribution in [0, 0.1) is 21.7 Å². The van der Waals surface area contributed by atoms with Crippen LogP contribution >= 0.6 is 0 Å². The van der Waals surface area contributed by atoms with Crippen molar-refractivity contribution in [3.8, 4) is 11.1 Å². The SMILES string of the molecule is C[C@@H](n1cc(-c2ccc([N+](=O)[O-])cc2)cn1)[C@](O)(Cn1cncn1)c1ccc(F)cc1F. The molecule has 4 aromatic rings. The van der Waals surface area contributed by atoms with E-state index in [9.17, 15) is 24.0 Å². The lowest BCUT2D eigenvalue weighted by molar-refractivity contribution is -0.384. The van der Waals surface area contributed by atoms with Gasteiger partial charge in [-0.15, -0.1) is 0 Å². The van der Waals surface area contributed by atoms with Gasteiger partial charge in [0.2, 0.25) is 0 Å². The van der Waals surface area contributed by atoms with E-state index in [1.807, 2.05) is 0 Å². The smallest absolute Gasteiger partial charge is 0.269 e. The second-order valence-corrected chi connectivity index (χ2v) is 7.33. The van der Waals surface area contributed by atoms with E-state index in [2.05, 4.69) is 15.2 Å². The molecule has 2 aromatic carbocycles. The first-order chi connectivity index (χ1) is 15.3. The van der Waals surface area contributed by atoms with E-state index in [1.165, 1.54) is 46.4 Å². The quantitative estimate of drug-likeness (QED) is 0.348. The number of nitro benzene ring substituents is 1. The molecule has 2 aromatic heterocycles. The molecule has 9 nitrogen and oxygen atoms in total. The van der Waals surface area contributed by atoms with E-state index in [-0.39, 0.29) is 17.8 Å². The largest absolute Gasteiger partial charge is 0.381 e. The molecule has 0 fully saturated rings. The predicted molar refractivity (Wildman–Crippen MR) is 109 cm³/mol. The summed E-state index contributed by atoms with van der Waals surface area (Å²) in [6, 6.07) is 8.10. The maximum Gasteiger partial charge on any atom is 0.269 e. The highest BCUT2D eigenvalue weighted by molar-refractivity contribution is 5.63. The molecule has 0 radical (unpaired) electrons. The van der Waals surface area contributed by atoms with Crippen molar-refractivity contribution in [2.24, 2.45) is 0 Å². The van der Waals surface area contributed by atoms with E-state index in [0.717, 1.165) is 6.07 Å². The van der Waals surface area contributed by atoms with Crippen LogP contribution in [0.1, 0.15) is 18.5 Å². The Bertz CT molecular complexity index is 1240. The van der Waals surface area contributed by atoms with E-state index < -0.39 is 28.2 Å². The fourth-order valence-corrected chi connectivity index (χ4v) is 3.54. The number of hydrogen-bond acceptors (Lipinski definition) is 6. The number of non-ortho nitro benzene ring substituents is 1. The molecule has 0 saturated carbocycles. The van der Waals surface area contributed by atoms with Crippen molar-refractivity contribution in [3.05, 3.63) is 94.8 Å². The number of rotatable bonds is 7. The lowest BCUT2D eigenvalue weighted by Crippen LogP contribution is -2.40. The number of nitro groups is 1. The first kappa shape index (κ1) is 21.2. The Kier molecular flexibility index (Phi) is 5.49. The molecule has 2 atom stereocenters. The van der Waals surface area contributed by atoms with Crippen LogP contribution in [0.3, 0.4) is 0 Å². The van der Waals surface area contributed by atoms with Crippen molar-refractivity contribution in [3.63, 3.8) is 0 Å². The normalized spacial score (nSPS) is 14.1. The first-order valence-electron chi connectivity index (χ1n) is 9.57. The average molecular weight is 440 g/mol. The Morgan fingerprint density at radius 2 is 1.91 bits per heavy atom. The molecule has 0 spiro atoms. The summed E-state index contributed by atoms with van der Waals surface area (Å²) in [5, 5.41) is 30.8. The fourth-order valence-electron chi connectivity index (χ4n) is 3.54. The monoisotopic (exact) mass is 440 g/mol. The topological polar surface area (TPSA) is 112 Å². The van der Waals surface area contributed by atoms with Gasteiger partial charge < -0.3 is 5.11 Å². The van der Waals surface area contributed by atoms with Crippen LogP contribution in [0.4, 0.5) is 14.5 Å². The third-order valence-corrected chi connectivity index (χ3v) is 5.37. The summed E-state index contributed by atoms with van der Waals surface area (Å²) < 4.78 is 31.0. The minimum absolute atomic E-state index is 0.0384. The molecule has 0 aliphatic heterocycles. The van der Waals surface area contributed by atoms with Crippen LogP contribution < -0.4 is 0 Å². The Balaban J connectivity index is 1.71. The number of aromatic nitrogens is 5. The molecule has 0 unspecified atom stereocenters. The standard InChI is InChI=1S/C21H18F2N6O3/c1-14(28-10-16(9-25-28)15-2-5-18(6-3-15)29(31)32)21(30,11-27-13-24-12-26-27)19-7-4-17(22)8-20(19)23/h2-10,12-14,30H,11H2,1H3/t14-,21-/m1/s1.